The summed E-state index contributed by atoms with van der Waals surface area (Å²) >= 11 is 0. The quantitative estimate of drug-likeness (QED) is 0.263. The molecule has 14 nitrogen and oxygen atoms in total. The molecule has 2 rings (SSSR count). The summed E-state index contributed by atoms with van der Waals surface area (Å²) < 4.78 is 0. The fourth-order valence-corrected chi connectivity index (χ4v) is 4.52. The van der Waals surface area contributed by atoms with Gasteiger partial charge in [-0.2, -0.15) is 0 Å². The molecule has 0 saturated heterocycles. The van der Waals surface area contributed by atoms with Crippen LogP contribution in [0.15, 0.2) is 24.3 Å². The first kappa shape index (κ1) is 27.5. The van der Waals surface area contributed by atoms with Crippen LogP contribution in [0.25, 0.3) is 0 Å². The topological polar surface area (TPSA) is 258 Å². The van der Waals surface area contributed by atoms with Crippen molar-refractivity contribution in [3.05, 3.63) is 68.8 Å². The lowest BCUT2D eigenvalue weighted by atomic mass is 9.98. The van der Waals surface area contributed by atoms with Gasteiger partial charge in [0.05, 0.1) is 44.5 Å². The lowest BCUT2D eigenvalue weighted by Crippen LogP contribution is -2.17. The van der Waals surface area contributed by atoms with Crippen LogP contribution >= 0.6 is 21.6 Å². The molecule has 0 fully saturated rings. The van der Waals surface area contributed by atoms with Crippen LogP contribution in [0.2, 0.25) is 0 Å². The van der Waals surface area contributed by atoms with Crippen molar-refractivity contribution >= 4 is 67.6 Å². The number of carbonyl (C=O) groups is 8. The van der Waals surface area contributed by atoms with Gasteiger partial charge < -0.3 is 30.6 Å². The predicted molar refractivity (Wildman–Crippen MR) is 118 cm³/mol. The van der Waals surface area contributed by atoms with Crippen molar-refractivity contribution in [1.82, 2.24) is 0 Å². The second kappa shape index (κ2) is 10.7. The number of carboxylic acids is 6. The van der Waals surface area contributed by atoms with E-state index in [0.29, 0.717) is 24.3 Å². The van der Waals surface area contributed by atoms with Gasteiger partial charge in [-0.05, 0) is 45.9 Å². The van der Waals surface area contributed by atoms with Crippen LogP contribution in [0, 0.1) is 0 Å². The number of aromatic carboxylic acids is 6. The Kier molecular flexibility index (Phi) is 8.19. The maximum absolute atomic E-state index is 12.7. The summed E-state index contributed by atoms with van der Waals surface area (Å²) in [5, 5.41) is 52.8. The van der Waals surface area contributed by atoms with E-state index in [2.05, 4.69) is 0 Å². The second-order valence-electron chi connectivity index (χ2n) is 6.47. The Labute approximate surface area is 205 Å². The van der Waals surface area contributed by atoms with Gasteiger partial charge in [-0.1, -0.05) is 0 Å². The third kappa shape index (κ3) is 5.68. The maximum atomic E-state index is 12.7. The fourth-order valence-electron chi connectivity index (χ4n) is 2.80. The minimum atomic E-state index is -1.87. The fraction of sp³-hybridized carbons (Fsp3) is 0. The normalized spacial score (nSPS) is 10.3. The monoisotopic (exact) mass is 538 g/mol. The molecule has 0 aliphatic heterocycles. The molecule has 0 heterocycles. The van der Waals surface area contributed by atoms with Gasteiger partial charge in [0.1, 0.15) is 0 Å². The minimum absolute atomic E-state index is 0.0869. The van der Waals surface area contributed by atoms with E-state index in [9.17, 15) is 58.8 Å². The van der Waals surface area contributed by atoms with Gasteiger partial charge in [0, 0.05) is 0 Å². The Morgan fingerprint density at radius 1 is 0.417 bits per heavy atom. The Balaban J connectivity index is 2.56. The SMILES string of the molecule is O=C(O)c1cc(C(=O)O)c(C(=O)SSC(=O)c2c(C(=O)O)cc(C(=O)O)cc2C(=O)O)c(C(=O)O)c1. The molecule has 0 unspecified atom stereocenters. The van der Waals surface area contributed by atoms with Gasteiger partial charge in [0.15, 0.2) is 0 Å². The van der Waals surface area contributed by atoms with Crippen LogP contribution < -0.4 is 0 Å². The molecule has 0 spiro atoms. The number of rotatable bonds is 8. The van der Waals surface area contributed by atoms with Crippen molar-refractivity contribution in [1.29, 1.82) is 0 Å². The standard InChI is InChI=1S/C20H10O14S2/c21-13(22)5-1-7(15(25)26)11(8(2-5)16(27)28)19(33)35-36-20(34)12-9(17(29)30)3-6(14(23)24)4-10(12)18(31)32/h1-4H,(H,21,22)(H,23,24)(H,25,26)(H,27,28)(H,29,30)(H,31,32). The zero-order chi connectivity index (χ0) is 27.5. The van der Waals surface area contributed by atoms with Crippen LogP contribution in [0.3, 0.4) is 0 Å². The first-order chi connectivity index (χ1) is 16.7. The van der Waals surface area contributed by atoms with E-state index in [0.717, 1.165) is 0 Å². The Morgan fingerprint density at radius 3 is 0.806 bits per heavy atom. The molecule has 0 aliphatic rings. The molecule has 0 radical (unpaired) electrons. The molecule has 2 aromatic rings. The van der Waals surface area contributed by atoms with Gasteiger partial charge in [-0.25, -0.2) is 28.8 Å². The van der Waals surface area contributed by atoms with Crippen molar-refractivity contribution in [3.63, 3.8) is 0 Å². The summed E-state index contributed by atoms with van der Waals surface area (Å²) in [6.45, 7) is 0. The van der Waals surface area contributed by atoms with Crippen molar-refractivity contribution in [2.24, 2.45) is 0 Å². The molecule has 186 valence electrons. The highest BCUT2D eigenvalue weighted by atomic mass is 33.1. The number of carbonyl (C=O) groups excluding carboxylic acids is 2. The highest BCUT2D eigenvalue weighted by Crippen LogP contribution is 2.35. The van der Waals surface area contributed by atoms with Crippen molar-refractivity contribution in [3.8, 4) is 0 Å². The second-order valence-corrected chi connectivity index (χ2v) is 8.54. The van der Waals surface area contributed by atoms with Gasteiger partial charge >= 0.3 is 35.8 Å². The van der Waals surface area contributed by atoms with E-state index in [4.69, 9.17) is 10.2 Å². The average molecular weight is 538 g/mol. The molecule has 0 aliphatic carbocycles. The van der Waals surface area contributed by atoms with Gasteiger partial charge in [-0.15, -0.1) is 0 Å². The molecule has 6 N–H and O–H groups in total. The lowest BCUT2D eigenvalue weighted by molar-refractivity contribution is 0.0663. The Bertz CT molecular complexity index is 1220. The van der Waals surface area contributed by atoms with E-state index in [1.54, 1.807) is 0 Å². The van der Waals surface area contributed by atoms with Crippen LogP contribution in [0.5, 0.6) is 0 Å². The first-order valence-electron chi connectivity index (χ1n) is 8.86. The lowest BCUT2D eigenvalue weighted by Gasteiger charge is -2.11. The smallest absolute Gasteiger partial charge is 0.336 e. The first-order valence-corrected chi connectivity index (χ1v) is 11.0. The molecule has 0 saturated carbocycles. The largest absolute Gasteiger partial charge is 0.478 e. The third-order valence-corrected chi connectivity index (χ3v) is 6.25. The molecule has 36 heavy (non-hydrogen) atoms. The van der Waals surface area contributed by atoms with Crippen LogP contribution in [0.1, 0.15) is 82.9 Å². The van der Waals surface area contributed by atoms with E-state index >= 15 is 0 Å². The highest BCUT2D eigenvalue weighted by molar-refractivity contribution is 8.87. The molecule has 0 aromatic heterocycles. The average Bonchev–Trinajstić information content (AvgIpc) is 2.79. The summed E-state index contributed by atoms with van der Waals surface area (Å²) in [6.07, 6.45) is 0. The van der Waals surface area contributed by atoms with Crippen molar-refractivity contribution in [2.75, 3.05) is 0 Å². The predicted octanol–water partition coefficient (Wildman–Crippen LogP) is 2.24. The summed E-state index contributed by atoms with van der Waals surface area (Å²) in [5.41, 5.74) is -7.53. The van der Waals surface area contributed by atoms with E-state index < -0.39 is 90.6 Å². The molecule has 0 atom stereocenters. The molecule has 16 heteroatoms. The molecule has 0 bridgehead atoms. The molecular weight excluding hydrogens is 528 g/mol. The number of hydrogen-bond acceptors (Lipinski definition) is 10. The molecule has 0 amide bonds. The van der Waals surface area contributed by atoms with Crippen LogP contribution in [-0.4, -0.2) is 76.7 Å². The number of carboxylic acid groups (broad SMARTS) is 6. The van der Waals surface area contributed by atoms with E-state index in [1.807, 2.05) is 0 Å². The Morgan fingerprint density at radius 2 is 0.639 bits per heavy atom. The van der Waals surface area contributed by atoms with Gasteiger partial charge in [0.2, 0.25) is 10.2 Å². The summed E-state index contributed by atoms with van der Waals surface area (Å²) in [5.74, 6) is -10.9. The number of benzene rings is 2. The van der Waals surface area contributed by atoms with Crippen molar-refractivity contribution in [2.45, 2.75) is 0 Å². The Hall–Kier alpha value is -4.70. The summed E-state index contributed by atoms with van der Waals surface area (Å²) in [7, 11) is -0.174. The highest BCUT2D eigenvalue weighted by Gasteiger charge is 2.31. The summed E-state index contributed by atoms with van der Waals surface area (Å²) in [4.78, 5) is 94.0. The summed E-state index contributed by atoms with van der Waals surface area (Å²) in [6, 6.07) is 2.08. The maximum Gasteiger partial charge on any atom is 0.336 e. The third-order valence-electron chi connectivity index (χ3n) is 4.29. The number of hydrogen-bond donors (Lipinski definition) is 6. The molecule has 2 aromatic carbocycles. The van der Waals surface area contributed by atoms with Gasteiger partial charge in [0.25, 0.3) is 0 Å². The molecular formula is C20H10O14S2. The van der Waals surface area contributed by atoms with Crippen molar-refractivity contribution < 1.29 is 69.0 Å². The van der Waals surface area contributed by atoms with E-state index in [1.165, 1.54) is 0 Å². The zero-order valence-corrected chi connectivity index (χ0v) is 18.7. The van der Waals surface area contributed by atoms with E-state index in [-0.39, 0.29) is 21.6 Å². The van der Waals surface area contributed by atoms with Crippen LogP contribution in [0.4, 0.5) is 0 Å². The minimum Gasteiger partial charge on any atom is -0.478 e. The van der Waals surface area contributed by atoms with Gasteiger partial charge in [-0.3, -0.25) is 9.59 Å². The van der Waals surface area contributed by atoms with Crippen LogP contribution in [-0.2, 0) is 0 Å². The zero-order valence-electron chi connectivity index (χ0n) is 17.1.